The first-order valence-electron chi connectivity index (χ1n) is 8.26. The van der Waals surface area contributed by atoms with Crippen molar-refractivity contribution in [2.24, 2.45) is 7.05 Å². The summed E-state index contributed by atoms with van der Waals surface area (Å²) in [6.07, 6.45) is -0.263. The molecule has 0 radical (unpaired) electrons. The number of nitrogens with two attached hydrogens (primary N) is 1. The normalized spacial score (nSPS) is 26.1. The topological polar surface area (TPSA) is 250 Å². The van der Waals surface area contributed by atoms with E-state index in [-0.39, 0.29) is 12.2 Å². The van der Waals surface area contributed by atoms with Gasteiger partial charge < -0.3 is 35.2 Å². The average molecular weight is 506 g/mol. The van der Waals surface area contributed by atoms with Crippen LogP contribution < -0.4 is 10.3 Å². The molecule has 174 valence electrons. The molecule has 0 bridgehead atoms. The number of aromatic nitrogens is 4. The number of ether oxygens (including phenoxy) is 1. The molecule has 0 saturated carbocycles. The van der Waals surface area contributed by atoms with Crippen LogP contribution in [0, 0.1) is 0 Å². The molecule has 0 aliphatic carbocycles. The molecular weight excluding hydrogens is 487 g/mol. The summed E-state index contributed by atoms with van der Waals surface area (Å²) in [6, 6.07) is 0. The second-order valence-corrected chi connectivity index (χ2v) is 10.8. The van der Waals surface area contributed by atoms with Gasteiger partial charge in [-0.2, -0.15) is 13.6 Å². The molecule has 1 saturated heterocycles. The number of rotatable bonds is 8. The number of aryl methyl sites for hydroxylation is 1. The zero-order valence-corrected chi connectivity index (χ0v) is 18.3. The zero-order valence-electron chi connectivity index (χ0n) is 15.6. The van der Waals surface area contributed by atoms with Crippen LogP contribution in [0.3, 0.4) is 0 Å². The molecule has 2 unspecified atom stereocenters. The number of aliphatic hydroxyl groups excluding tert-OH is 1. The van der Waals surface area contributed by atoms with Crippen molar-refractivity contribution in [2.45, 2.75) is 24.9 Å². The molecule has 0 amide bonds. The Labute approximate surface area is 173 Å². The monoisotopic (exact) mass is 506 g/mol. The maximum absolute atomic E-state index is 11.8. The van der Waals surface area contributed by atoms with Gasteiger partial charge in [0.05, 0.1) is 19.8 Å². The van der Waals surface area contributed by atoms with Gasteiger partial charge in [-0.25, -0.2) is 18.3 Å². The Morgan fingerprint density at radius 2 is 1.90 bits per heavy atom. The number of aliphatic hydroxyl groups is 1. The van der Waals surface area contributed by atoms with Crippen molar-refractivity contribution in [3.8, 4) is 0 Å². The van der Waals surface area contributed by atoms with Crippen molar-refractivity contribution in [3.05, 3.63) is 12.7 Å². The third-order valence-corrected chi connectivity index (χ3v) is 7.86. The van der Waals surface area contributed by atoms with Crippen LogP contribution in [-0.4, -0.2) is 58.0 Å². The average Bonchev–Trinajstić information content (AvgIpc) is 3.11. The lowest BCUT2D eigenvalue weighted by Crippen LogP contribution is -2.39. The first-order valence-corrected chi connectivity index (χ1v) is 12.8. The zero-order chi connectivity index (χ0) is 23.2. The minimum Gasteiger partial charge on any atom is -0.390 e. The van der Waals surface area contributed by atoms with Gasteiger partial charge in [0, 0.05) is 6.42 Å². The number of phosphoric acid groups is 3. The van der Waals surface area contributed by atoms with Gasteiger partial charge >= 0.3 is 29.1 Å². The van der Waals surface area contributed by atoms with Crippen LogP contribution in [0.25, 0.3) is 11.2 Å². The molecule has 7 N–H and O–H groups in total. The van der Waals surface area contributed by atoms with Crippen LogP contribution >= 0.6 is 23.5 Å². The lowest BCUT2D eigenvalue weighted by atomic mass is 10.2. The fourth-order valence-corrected chi connectivity index (χ4v) is 5.96. The molecule has 17 nitrogen and oxygen atoms in total. The molecular formula is C11H19N5O12P3+. The predicted molar refractivity (Wildman–Crippen MR) is 97.5 cm³/mol. The summed E-state index contributed by atoms with van der Waals surface area (Å²) in [5.41, 5.74) is 6.75. The number of imidazole rings is 1. The smallest absolute Gasteiger partial charge is 0.390 e. The number of hydrogen-bond donors (Lipinski definition) is 6. The van der Waals surface area contributed by atoms with Crippen molar-refractivity contribution in [3.63, 3.8) is 0 Å². The Kier molecular flexibility index (Phi) is 6.71. The maximum atomic E-state index is 11.8. The van der Waals surface area contributed by atoms with Gasteiger partial charge in [-0.3, -0.25) is 9.09 Å². The highest BCUT2D eigenvalue weighted by molar-refractivity contribution is 7.66. The Hall–Kier alpha value is -1.32. The van der Waals surface area contributed by atoms with E-state index in [1.54, 1.807) is 22.5 Å². The van der Waals surface area contributed by atoms with Crippen LogP contribution in [0.15, 0.2) is 12.7 Å². The molecule has 0 spiro atoms. The molecule has 3 heterocycles. The summed E-state index contributed by atoms with van der Waals surface area (Å²) in [6.45, 7) is -0.774. The number of anilines is 1. The molecule has 31 heavy (non-hydrogen) atoms. The van der Waals surface area contributed by atoms with E-state index < -0.39 is 48.5 Å². The third-order valence-electron chi connectivity index (χ3n) is 4.06. The number of nitrogens with zero attached hydrogens (tertiary/aromatic N) is 4. The molecule has 3 rings (SSSR count). The molecule has 5 atom stereocenters. The van der Waals surface area contributed by atoms with Gasteiger partial charge in [0.2, 0.25) is 5.52 Å². The highest BCUT2D eigenvalue weighted by Gasteiger charge is 2.43. The van der Waals surface area contributed by atoms with Gasteiger partial charge in [0.1, 0.15) is 6.10 Å². The highest BCUT2D eigenvalue weighted by atomic mass is 31.3. The first kappa shape index (κ1) is 24.3. The van der Waals surface area contributed by atoms with Crippen molar-refractivity contribution in [1.82, 2.24) is 14.5 Å². The summed E-state index contributed by atoms with van der Waals surface area (Å²) >= 11 is 0. The lowest BCUT2D eigenvalue weighted by molar-refractivity contribution is -0.739. The van der Waals surface area contributed by atoms with E-state index in [1.807, 2.05) is 0 Å². The minimum atomic E-state index is -5.64. The van der Waals surface area contributed by atoms with E-state index in [1.165, 1.54) is 6.33 Å². The Balaban J connectivity index is 1.67. The van der Waals surface area contributed by atoms with Gasteiger partial charge in [0.15, 0.2) is 24.7 Å². The van der Waals surface area contributed by atoms with E-state index in [4.69, 9.17) is 25.2 Å². The molecule has 1 aliphatic heterocycles. The van der Waals surface area contributed by atoms with Gasteiger partial charge in [-0.05, 0) is 0 Å². The largest absolute Gasteiger partial charge is 0.490 e. The maximum Gasteiger partial charge on any atom is 0.490 e. The van der Waals surface area contributed by atoms with Gasteiger partial charge in [-0.15, -0.1) is 0 Å². The summed E-state index contributed by atoms with van der Waals surface area (Å²) in [4.78, 5) is 43.7. The fourth-order valence-electron chi connectivity index (χ4n) is 2.93. The Bertz CT molecular complexity index is 1120. The van der Waals surface area contributed by atoms with Crippen molar-refractivity contribution in [2.75, 3.05) is 12.3 Å². The summed E-state index contributed by atoms with van der Waals surface area (Å²) in [5.74, 6) is 0.217. The van der Waals surface area contributed by atoms with Crippen molar-refractivity contribution in [1.29, 1.82) is 0 Å². The molecule has 2 aromatic heterocycles. The second kappa shape index (κ2) is 8.56. The van der Waals surface area contributed by atoms with Gasteiger partial charge in [-0.1, -0.05) is 4.98 Å². The van der Waals surface area contributed by atoms with Crippen LogP contribution in [0.5, 0.6) is 0 Å². The molecule has 2 aromatic rings. The van der Waals surface area contributed by atoms with E-state index in [2.05, 4.69) is 23.1 Å². The van der Waals surface area contributed by atoms with Crippen LogP contribution in [-0.2, 0) is 38.6 Å². The third kappa shape index (κ3) is 5.93. The quantitative estimate of drug-likeness (QED) is 0.182. The molecule has 0 aromatic carbocycles. The Morgan fingerprint density at radius 1 is 1.23 bits per heavy atom. The molecule has 1 aliphatic rings. The number of hydrogen-bond acceptors (Lipinski definition) is 11. The van der Waals surface area contributed by atoms with Gasteiger partial charge in [0.25, 0.3) is 0 Å². The van der Waals surface area contributed by atoms with Crippen LogP contribution in [0.4, 0.5) is 5.82 Å². The van der Waals surface area contributed by atoms with Crippen LogP contribution in [0.2, 0.25) is 0 Å². The summed E-state index contributed by atoms with van der Waals surface area (Å²) < 4.78 is 54.4. The molecule has 1 fully saturated rings. The number of nitrogen functional groups attached to an aromatic ring is 1. The minimum absolute atomic E-state index is 0.0259. The lowest BCUT2D eigenvalue weighted by Gasteiger charge is -2.18. The predicted octanol–water partition coefficient (Wildman–Crippen LogP) is -1.17. The van der Waals surface area contributed by atoms with Crippen molar-refractivity contribution >= 4 is 40.4 Å². The van der Waals surface area contributed by atoms with E-state index in [9.17, 15) is 23.7 Å². The number of fused-ring (bicyclic) bond motifs is 1. The summed E-state index contributed by atoms with van der Waals surface area (Å²) in [5, 5.41) is 10.2. The van der Waals surface area contributed by atoms with E-state index in [0.717, 1.165) is 0 Å². The second-order valence-electron chi connectivity index (χ2n) is 6.38. The number of phosphoric ester groups is 1. The first-order chi connectivity index (χ1) is 14.2. The molecule has 20 heteroatoms. The van der Waals surface area contributed by atoms with E-state index >= 15 is 0 Å². The highest BCUT2D eigenvalue weighted by Crippen LogP contribution is 2.66. The SMILES string of the molecule is Cn1c[n+]([C@H]2C[C@H](O)[C@@H](COP(=O)(O)OP(=O)(O)OP(=O)(O)O)O2)c2ncnc(N)c21. The fraction of sp³-hybridized carbons (Fsp3) is 0.545. The Morgan fingerprint density at radius 3 is 2.55 bits per heavy atom. The summed E-state index contributed by atoms with van der Waals surface area (Å²) in [7, 11) is -14.8. The van der Waals surface area contributed by atoms with Crippen molar-refractivity contribution < 1.29 is 60.8 Å². The van der Waals surface area contributed by atoms with Crippen LogP contribution in [0.1, 0.15) is 12.6 Å². The standard InChI is InChI=1S/C11H18N5O12P3/c1-15-5-16(11-9(15)10(12)13-4-14-11)8-2-6(17)7(26-8)3-25-30(21,22)28-31(23,24)27-29(18,19)20/h4-8,17H,2-3H2,1H3,(H5-,12,13,14,18,19,20,21,22,23,24)/p+1/t6-,7+,8+/m0/s1. The van der Waals surface area contributed by atoms with E-state index in [0.29, 0.717) is 11.2 Å².